The Morgan fingerprint density at radius 1 is 1.39 bits per heavy atom. The van der Waals surface area contributed by atoms with Crippen molar-refractivity contribution in [2.45, 2.75) is 13.5 Å². The Morgan fingerprint density at radius 3 is 2.67 bits per heavy atom. The molecule has 6 nitrogen and oxygen atoms in total. The van der Waals surface area contributed by atoms with E-state index < -0.39 is 11.5 Å². The van der Waals surface area contributed by atoms with Gasteiger partial charge in [0.2, 0.25) is 0 Å². The van der Waals surface area contributed by atoms with Crippen molar-refractivity contribution >= 4 is 5.97 Å². The van der Waals surface area contributed by atoms with Gasteiger partial charge < -0.3 is 14.6 Å². The molecule has 0 aliphatic rings. The molecule has 0 amide bonds. The van der Waals surface area contributed by atoms with Crippen LogP contribution in [0.25, 0.3) is 0 Å². The first-order valence-electron chi connectivity index (χ1n) is 5.20. The van der Waals surface area contributed by atoms with E-state index in [1.165, 1.54) is 0 Å². The Morgan fingerprint density at radius 2 is 2.11 bits per heavy atom. The second kappa shape index (κ2) is 4.40. The molecule has 0 saturated heterocycles. The number of hydrogen-bond donors (Lipinski definition) is 2. The fourth-order valence-corrected chi connectivity index (χ4v) is 1.65. The molecule has 2 aromatic rings. The Bertz CT molecular complexity index is 653. The number of aromatic hydroxyl groups is 1. The summed E-state index contributed by atoms with van der Waals surface area (Å²) >= 11 is 0. The van der Waals surface area contributed by atoms with Crippen LogP contribution in [0.2, 0.25) is 0 Å². The van der Waals surface area contributed by atoms with Gasteiger partial charge in [0.15, 0.2) is 0 Å². The molecule has 2 rings (SSSR count). The highest BCUT2D eigenvalue weighted by molar-refractivity contribution is 5.86. The maximum atomic E-state index is 11.7. The van der Waals surface area contributed by atoms with Crippen molar-refractivity contribution in [3.8, 4) is 5.75 Å². The quantitative estimate of drug-likeness (QED) is 0.852. The summed E-state index contributed by atoms with van der Waals surface area (Å²) < 4.78 is 6.32. The molecule has 2 heterocycles. The summed E-state index contributed by atoms with van der Waals surface area (Å²) in [5, 5.41) is 18.2. The average molecular weight is 249 g/mol. The number of hydrogen-bond acceptors (Lipinski definition) is 4. The third kappa shape index (κ3) is 2.27. The molecule has 0 aromatic carbocycles. The monoisotopic (exact) mass is 249 g/mol. The van der Waals surface area contributed by atoms with E-state index in [9.17, 15) is 14.7 Å². The number of aromatic carboxylic acids is 1. The SMILES string of the molecule is Cc1ccc(Cn2c(C(=O)O)cc(O)cc2=O)o1. The maximum Gasteiger partial charge on any atom is 0.352 e. The Hall–Kier alpha value is -2.50. The van der Waals surface area contributed by atoms with Crippen LogP contribution in [-0.4, -0.2) is 20.7 Å². The fraction of sp³-hybridized carbons (Fsp3) is 0.167. The fourth-order valence-electron chi connectivity index (χ4n) is 1.65. The minimum absolute atomic E-state index is 0.00852. The molecule has 18 heavy (non-hydrogen) atoms. The van der Waals surface area contributed by atoms with Gasteiger partial charge in [-0.1, -0.05) is 0 Å². The molecule has 0 fully saturated rings. The molecule has 0 radical (unpaired) electrons. The van der Waals surface area contributed by atoms with E-state index in [4.69, 9.17) is 9.52 Å². The van der Waals surface area contributed by atoms with Crippen LogP contribution in [0.1, 0.15) is 22.0 Å². The summed E-state index contributed by atoms with van der Waals surface area (Å²) in [7, 11) is 0. The first kappa shape index (κ1) is 12.0. The van der Waals surface area contributed by atoms with Crippen molar-refractivity contribution in [2.24, 2.45) is 0 Å². The van der Waals surface area contributed by atoms with Gasteiger partial charge in [-0.05, 0) is 19.1 Å². The predicted molar refractivity (Wildman–Crippen MR) is 61.9 cm³/mol. The lowest BCUT2D eigenvalue weighted by Gasteiger charge is -2.08. The first-order valence-corrected chi connectivity index (χ1v) is 5.20. The van der Waals surface area contributed by atoms with Crippen LogP contribution >= 0.6 is 0 Å². The molecule has 0 atom stereocenters. The molecule has 6 heteroatoms. The summed E-state index contributed by atoms with van der Waals surface area (Å²) in [4.78, 5) is 22.7. The van der Waals surface area contributed by atoms with Gasteiger partial charge in [-0.2, -0.15) is 0 Å². The highest BCUT2D eigenvalue weighted by atomic mass is 16.4. The van der Waals surface area contributed by atoms with Crippen LogP contribution in [-0.2, 0) is 6.54 Å². The molecule has 0 spiro atoms. The summed E-state index contributed by atoms with van der Waals surface area (Å²) in [6.07, 6.45) is 0. The van der Waals surface area contributed by atoms with Crippen LogP contribution in [0.4, 0.5) is 0 Å². The highest BCUT2D eigenvalue weighted by Crippen LogP contribution is 2.12. The van der Waals surface area contributed by atoms with Crippen LogP contribution in [0, 0.1) is 6.92 Å². The number of rotatable bonds is 3. The Balaban J connectivity index is 2.49. The number of carbonyl (C=O) groups is 1. The summed E-state index contributed by atoms with van der Waals surface area (Å²) in [6.45, 7) is 1.76. The van der Waals surface area contributed by atoms with E-state index in [0.717, 1.165) is 16.7 Å². The second-order valence-corrected chi connectivity index (χ2v) is 3.84. The van der Waals surface area contributed by atoms with Gasteiger partial charge in [0, 0.05) is 12.1 Å². The van der Waals surface area contributed by atoms with E-state index in [-0.39, 0.29) is 18.0 Å². The van der Waals surface area contributed by atoms with Crippen LogP contribution in [0.3, 0.4) is 0 Å². The zero-order valence-corrected chi connectivity index (χ0v) is 9.58. The molecule has 0 aliphatic heterocycles. The van der Waals surface area contributed by atoms with Gasteiger partial charge in [0.25, 0.3) is 5.56 Å². The van der Waals surface area contributed by atoms with Gasteiger partial charge in [-0.15, -0.1) is 0 Å². The van der Waals surface area contributed by atoms with Crippen molar-refractivity contribution in [3.63, 3.8) is 0 Å². The van der Waals surface area contributed by atoms with Crippen molar-refractivity contribution < 1.29 is 19.4 Å². The molecular weight excluding hydrogens is 238 g/mol. The lowest BCUT2D eigenvalue weighted by atomic mass is 10.3. The standard InChI is InChI=1S/C12H11NO5/c1-7-2-3-9(18-7)6-13-10(12(16)17)4-8(14)5-11(13)15/h2-5,14H,6H2,1H3,(H,16,17). The first-order chi connectivity index (χ1) is 8.47. The third-order valence-corrected chi connectivity index (χ3v) is 2.44. The summed E-state index contributed by atoms with van der Waals surface area (Å²) in [5.41, 5.74) is -0.879. The van der Waals surface area contributed by atoms with Crippen LogP contribution in [0.5, 0.6) is 5.75 Å². The van der Waals surface area contributed by atoms with Crippen LogP contribution < -0.4 is 5.56 Å². The number of pyridine rings is 1. The molecule has 94 valence electrons. The van der Waals surface area contributed by atoms with Gasteiger partial charge in [-0.25, -0.2) is 4.79 Å². The molecule has 0 unspecified atom stereocenters. The van der Waals surface area contributed by atoms with Crippen molar-refractivity contribution in [3.05, 3.63) is 51.8 Å². The largest absolute Gasteiger partial charge is 0.508 e. The normalized spacial score (nSPS) is 10.5. The molecule has 0 saturated carbocycles. The van der Waals surface area contributed by atoms with Crippen LogP contribution in [0.15, 0.2) is 33.5 Å². The van der Waals surface area contributed by atoms with E-state index in [0.29, 0.717) is 11.5 Å². The molecule has 2 aromatic heterocycles. The Labute approximate surface area is 102 Å². The molecule has 0 aliphatic carbocycles. The number of furan rings is 1. The average Bonchev–Trinajstić information content (AvgIpc) is 2.67. The van der Waals surface area contributed by atoms with Crippen molar-refractivity contribution in [1.82, 2.24) is 4.57 Å². The second-order valence-electron chi connectivity index (χ2n) is 3.84. The zero-order valence-electron chi connectivity index (χ0n) is 9.58. The van der Waals surface area contributed by atoms with E-state index >= 15 is 0 Å². The number of nitrogens with zero attached hydrogens (tertiary/aromatic N) is 1. The minimum atomic E-state index is -1.29. The summed E-state index contributed by atoms with van der Waals surface area (Å²) in [6, 6.07) is 5.38. The summed E-state index contributed by atoms with van der Waals surface area (Å²) in [5.74, 6) is -0.507. The highest BCUT2D eigenvalue weighted by Gasteiger charge is 2.14. The maximum absolute atomic E-state index is 11.7. The topological polar surface area (TPSA) is 92.7 Å². The van der Waals surface area contributed by atoms with Gasteiger partial charge in [0.05, 0.1) is 6.54 Å². The minimum Gasteiger partial charge on any atom is -0.508 e. The van der Waals surface area contributed by atoms with E-state index in [1.54, 1.807) is 19.1 Å². The van der Waals surface area contributed by atoms with E-state index in [1.807, 2.05) is 0 Å². The molecule has 0 bridgehead atoms. The van der Waals surface area contributed by atoms with Gasteiger partial charge in [-0.3, -0.25) is 9.36 Å². The molecular formula is C12H11NO5. The lowest BCUT2D eigenvalue weighted by Crippen LogP contribution is -2.25. The molecule has 2 N–H and O–H groups in total. The third-order valence-electron chi connectivity index (χ3n) is 2.44. The smallest absolute Gasteiger partial charge is 0.352 e. The van der Waals surface area contributed by atoms with E-state index in [2.05, 4.69) is 0 Å². The van der Waals surface area contributed by atoms with Gasteiger partial charge >= 0.3 is 5.97 Å². The van der Waals surface area contributed by atoms with Crippen molar-refractivity contribution in [2.75, 3.05) is 0 Å². The van der Waals surface area contributed by atoms with Crippen molar-refractivity contribution in [1.29, 1.82) is 0 Å². The van der Waals surface area contributed by atoms with Gasteiger partial charge in [0.1, 0.15) is 23.0 Å². The lowest BCUT2D eigenvalue weighted by molar-refractivity contribution is 0.0683. The zero-order chi connectivity index (χ0) is 13.3. The number of carboxylic acid groups (broad SMARTS) is 1. The number of carboxylic acids is 1. The predicted octanol–water partition coefficient (Wildman–Crippen LogP) is 1.20. The Kier molecular flexibility index (Phi) is 2.93. The number of aromatic nitrogens is 1. The number of aryl methyl sites for hydroxylation is 1.